The molecule has 0 fully saturated rings. The molecule has 0 aliphatic heterocycles. The van der Waals surface area contributed by atoms with Gasteiger partial charge < -0.3 is 23.7 Å². The highest BCUT2D eigenvalue weighted by molar-refractivity contribution is 7.99. The van der Waals surface area contributed by atoms with Crippen molar-refractivity contribution >= 4 is 40.4 Å². The number of hydrogen-bond donors (Lipinski definition) is 1. The van der Waals surface area contributed by atoms with E-state index in [9.17, 15) is 10.1 Å². The summed E-state index contributed by atoms with van der Waals surface area (Å²) < 4.78 is 32.1. The van der Waals surface area contributed by atoms with Crippen molar-refractivity contribution in [2.45, 2.75) is 24.3 Å². The zero-order valence-corrected chi connectivity index (χ0v) is 23.3. The molecule has 0 radical (unpaired) electrons. The monoisotopic (exact) mass is 556 g/mol. The molecule has 0 aliphatic rings. The van der Waals surface area contributed by atoms with Gasteiger partial charge in [0.1, 0.15) is 24.9 Å². The van der Waals surface area contributed by atoms with Gasteiger partial charge in [-0.25, -0.2) is 0 Å². The second kappa shape index (κ2) is 14.1. The smallest absolute Gasteiger partial charge is 0.268 e. The van der Waals surface area contributed by atoms with Gasteiger partial charge in [-0.3, -0.25) is 10.1 Å². The van der Waals surface area contributed by atoms with Crippen LogP contribution in [-0.4, -0.2) is 55.1 Å². The van der Waals surface area contributed by atoms with Gasteiger partial charge in [-0.2, -0.15) is 14.6 Å². The molecule has 3 aromatic rings. The molecule has 10 nitrogen and oxygen atoms in total. The van der Waals surface area contributed by atoms with E-state index in [1.165, 1.54) is 32.1 Å². The fourth-order valence-corrected chi connectivity index (χ4v) is 4.54. The van der Waals surface area contributed by atoms with Crippen molar-refractivity contribution in [3.8, 4) is 34.8 Å². The Morgan fingerprint density at radius 1 is 1.05 bits per heavy atom. The molecule has 12 heteroatoms. The van der Waals surface area contributed by atoms with Gasteiger partial charge in [0.2, 0.25) is 16.0 Å². The third-order valence-corrected chi connectivity index (χ3v) is 6.40. The lowest BCUT2D eigenvalue weighted by atomic mass is 10.1. The average Bonchev–Trinajstić information content (AvgIpc) is 3.35. The molecule has 0 saturated heterocycles. The van der Waals surface area contributed by atoms with Crippen LogP contribution >= 0.6 is 23.3 Å². The molecule has 1 heterocycles. The first kappa shape index (κ1) is 28.6. The molecule has 0 unspecified atom stereocenters. The van der Waals surface area contributed by atoms with Crippen molar-refractivity contribution in [3.63, 3.8) is 0 Å². The van der Waals surface area contributed by atoms with Gasteiger partial charge >= 0.3 is 0 Å². The molecule has 0 bridgehead atoms. The van der Waals surface area contributed by atoms with Crippen LogP contribution in [0.2, 0.25) is 0 Å². The average molecular weight is 557 g/mol. The van der Waals surface area contributed by atoms with Gasteiger partial charge in [0.25, 0.3) is 5.91 Å². The Morgan fingerprint density at radius 3 is 2.29 bits per heavy atom. The summed E-state index contributed by atoms with van der Waals surface area (Å²) in [7, 11) is 4.55. The Morgan fingerprint density at radius 2 is 1.68 bits per heavy atom. The minimum absolute atomic E-state index is 0.124. The van der Waals surface area contributed by atoms with Crippen LogP contribution in [0.5, 0.6) is 28.7 Å². The maximum absolute atomic E-state index is 12.7. The molecular weight excluding hydrogens is 528 g/mol. The lowest BCUT2D eigenvalue weighted by Crippen LogP contribution is -2.13. The topological polar surface area (TPSA) is 125 Å². The van der Waals surface area contributed by atoms with Crippen molar-refractivity contribution < 1.29 is 28.5 Å². The van der Waals surface area contributed by atoms with Gasteiger partial charge in [0, 0.05) is 16.8 Å². The predicted octanol–water partition coefficient (Wildman–Crippen LogP) is 5.07. The standard InChI is InChI=1S/C26H28N4O6S2/c1-16(2)37-26-29-25(38-30-26)28-24(31)18(15-27)12-17-13-21(33-4)23(22(14-17)34-5)36-11-10-35-20-9-7-6-8-19(20)32-3/h6-9,12-14,16H,10-11H2,1-5H3,(H,28,29,30,31). The van der Waals surface area contributed by atoms with Crippen molar-refractivity contribution in [1.29, 1.82) is 5.26 Å². The van der Waals surface area contributed by atoms with E-state index >= 15 is 0 Å². The first-order chi connectivity index (χ1) is 18.4. The second-order valence-corrected chi connectivity index (χ2v) is 10.1. The Bertz CT molecular complexity index is 1290. The number of nitriles is 1. The van der Waals surface area contributed by atoms with Crippen LogP contribution in [0.4, 0.5) is 5.13 Å². The number of nitrogens with one attached hydrogen (secondary N) is 1. The number of nitrogens with zero attached hydrogens (tertiary/aromatic N) is 3. The van der Waals surface area contributed by atoms with Gasteiger partial charge in [-0.1, -0.05) is 37.7 Å². The molecule has 2 aromatic carbocycles. The van der Waals surface area contributed by atoms with E-state index < -0.39 is 5.91 Å². The summed E-state index contributed by atoms with van der Waals surface area (Å²) in [4.78, 5) is 17.0. The van der Waals surface area contributed by atoms with Gasteiger partial charge in [0.05, 0.1) is 21.3 Å². The number of ether oxygens (including phenoxy) is 5. The maximum Gasteiger partial charge on any atom is 0.268 e. The summed E-state index contributed by atoms with van der Waals surface area (Å²) in [5, 5.41) is 13.4. The van der Waals surface area contributed by atoms with Crippen molar-refractivity contribution in [2.24, 2.45) is 0 Å². The number of amides is 1. The molecule has 38 heavy (non-hydrogen) atoms. The number of aromatic nitrogens is 2. The van der Waals surface area contributed by atoms with Crippen molar-refractivity contribution in [2.75, 3.05) is 39.9 Å². The summed E-state index contributed by atoms with van der Waals surface area (Å²) in [5.74, 6) is 1.72. The van der Waals surface area contributed by atoms with E-state index in [0.29, 0.717) is 49.8 Å². The molecule has 200 valence electrons. The van der Waals surface area contributed by atoms with E-state index in [1.54, 1.807) is 31.4 Å². The third kappa shape index (κ3) is 7.77. The maximum atomic E-state index is 12.7. The quantitative estimate of drug-likeness (QED) is 0.132. The van der Waals surface area contributed by atoms with E-state index in [-0.39, 0.29) is 18.8 Å². The van der Waals surface area contributed by atoms with Gasteiger partial charge in [-0.05, 0) is 35.9 Å². The van der Waals surface area contributed by atoms with Gasteiger partial charge in [0.15, 0.2) is 23.0 Å². The van der Waals surface area contributed by atoms with Crippen molar-refractivity contribution in [3.05, 3.63) is 47.5 Å². The highest BCUT2D eigenvalue weighted by Crippen LogP contribution is 2.39. The molecular formula is C26H28N4O6S2. The first-order valence-electron chi connectivity index (χ1n) is 11.5. The lowest BCUT2D eigenvalue weighted by molar-refractivity contribution is -0.112. The molecule has 0 atom stereocenters. The molecule has 0 saturated carbocycles. The number of hydrogen-bond acceptors (Lipinski definition) is 11. The second-order valence-electron chi connectivity index (χ2n) is 7.77. The largest absolute Gasteiger partial charge is 0.493 e. The number of carbonyl (C=O) groups is 1. The minimum atomic E-state index is -0.600. The van der Waals surface area contributed by atoms with E-state index in [4.69, 9.17) is 23.7 Å². The van der Waals surface area contributed by atoms with E-state index in [1.807, 2.05) is 32.0 Å². The van der Waals surface area contributed by atoms with Crippen LogP contribution in [0.15, 0.2) is 47.1 Å². The van der Waals surface area contributed by atoms with Crippen molar-refractivity contribution in [1.82, 2.24) is 9.36 Å². The first-order valence-corrected chi connectivity index (χ1v) is 13.1. The highest BCUT2D eigenvalue weighted by atomic mass is 32.2. The van der Waals surface area contributed by atoms with Crippen LogP contribution in [0, 0.1) is 11.3 Å². The van der Waals surface area contributed by atoms with Crippen LogP contribution in [0.1, 0.15) is 19.4 Å². The van der Waals surface area contributed by atoms with Crippen LogP contribution in [0.3, 0.4) is 0 Å². The summed E-state index contributed by atoms with van der Waals surface area (Å²) in [6.45, 7) is 4.49. The lowest BCUT2D eigenvalue weighted by Gasteiger charge is -2.16. The number of benzene rings is 2. The number of carbonyl (C=O) groups excluding carboxylic acids is 1. The Hall–Kier alpha value is -3.95. The number of methoxy groups -OCH3 is 3. The zero-order valence-electron chi connectivity index (χ0n) is 21.6. The van der Waals surface area contributed by atoms with Crippen LogP contribution in [-0.2, 0) is 4.79 Å². The number of thioether (sulfide) groups is 1. The summed E-state index contributed by atoms with van der Waals surface area (Å²) in [6, 6.07) is 12.5. The zero-order chi connectivity index (χ0) is 27.5. The summed E-state index contributed by atoms with van der Waals surface area (Å²) in [5.41, 5.74) is 0.387. The molecule has 1 amide bonds. The fraction of sp³-hybridized carbons (Fsp3) is 0.308. The minimum Gasteiger partial charge on any atom is -0.493 e. The van der Waals surface area contributed by atoms with Gasteiger partial charge in [-0.15, -0.1) is 0 Å². The Balaban J connectivity index is 1.72. The molecule has 0 spiro atoms. The molecule has 1 N–H and O–H groups in total. The number of para-hydroxylation sites is 2. The number of anilines is 1. The fourth-order valence-electron chi connectivity index (χ4n) is 3.16. The normalized spacial score (nSPS) is 11.0. The Kier molecular flexibility index (Phi) is 10.6. The molecule has 1 aromatic heterocycles. The van der Waals surface area contributed by atoms with Crippen LogP contribution < -0.4 is 29.0 Å². The predicted molar refractivity (Wildman–Crippen MR) is 147 cm³/mol. The van der Waals surface area contributed by atoms with Crippen LogP contribution in [0.25, 0.3) is 6.08 Å². The number of rotatable bonds is 13. The van der Waals surface area contributed by atoms with E-state index in [2.05, 4.69) is 14.7 Å². The highest BCUT2D eigenvalue weighted by Gasteiger charge is 2.17. The van der Waals surface area contributed by atoms with E-state index in [0.717, 1.165) is 11.5 Å². The third-order valence-electron chi connectivity index (χ3n) is 4.78. The summed E-state index contributed by atoms with van der Waals surface area (Å²) in [6.07, 6.45) is 1.43. The molecule has 3 rings (SSSR count). The molecule has 0 aliphatic carbocycles. The Labute approximate surface area is 229 Å². The summed E-state index contributed by atoms with van der Waals surface area (Å²) >= 11 is 2.54. The SMILES string of the molecule is COc1ccccc1OCCOc1c(OC)cc(C=C(C#N)C(=O)Nc2nc(SC(C)C)ns2)cc1OC.